The van der Waals surface area contributed by atoms with Crippen molar-refractivity contribution in [2.75, 3.05) is 0 Å². The SMILES string of the molecule is Cc1ccc(-c2ccc3c(c2)CCC(C(C)(C)C)O3)cc1. The van der Waals surface area contributed by atoms with Gasteiger partial charge in [0.25, 0.3) is 0 Å². The summed E-state index contributed by atoms with van der Waals surface area (Å²) < 4.78 is 6.21. The molecule has 0 saturated heterocycles. The van der Waals surface area contributed by atoms with Gasteiger partial charge < -0.3 is 4.74 Å². The molecule has 2 aromatic rings. The first kappa shape index (κ1) is 14.2. The number of aryl methyl sites for hydroxylation is 2. The van der Waals surface area contributed by atoms with Crippen molar-refractivity contribution < 1.29 is 4.74 Å². The molecular formula is C20H24O. The second kappa shape index (κ2) is 5.22. The average Bonchev–Trinajstić information content (AvgIpc) is 2.46. The van der Waals surface area contributed by atoms with Crippen LogP contribution in [0, 0.1) is 12.3 Å². The summed E-state index contributed by atoms with van der Waals surface area (Å²) in [7, 11) is 0. The van der Waals surface area contributed by atoms with E-state index >= 15 is 0 Å². The van der Waals surface area contributed by atoms with Crippen molar-refractivity contribution in [3.63, 3.8) is 0 Å². The molecule has 0 aliphatic carbocycles. The van der Waals surface area contributed by atoms with Crippen molar-refractivity contribution in [1.29, 1.82) is 0 Å². The summed E-state index contributed by atoms with van der Waals surface area (Å²) in [4.78, 5) is 0. The number of fused-ring (bicyclic) bond motifs is 1. The third kappa shape index (κ3) is 2.97. The van der Waals surface area contributed by atoms with Crippen LogP contribution in [0.2, 0.25) is 0 Å². The van der Waals surface area contributed by atoms with Gasteiger partial charge in [-0.25, -0.2) is 0 Å². The summed E-state index contributed by atoms with van der Waals surface area (Å²) in [6.07, 6.45) is 2.53. The van der Waals surface area contributed by atoms with Crippen LogP contribution in [0.4, 0.5) is 0 Å². The van der Waals surface area contributed by atoms with E-state index in [1.807, 2.05) is 0 Å². The maximum Gasteiger partial charge on any atom is 0.122 e. The maximum absolute atomic E-state index is 6.21. The molecule has 0 fully saturated rings. The fourth-order valence-electron chi connectivity index (χ4n) is 2.92. The van der Waals surface area contributed by atoms with Crippen molar-refractivity contribution in [2.45, 2.75) is 46.6 Å². The quantitative estimate of drug-likeness (QED) is 0.679. The van der Waals surface area contributed by atoms with Gasteiger partial charge in [0, 0.05) is 0 Å². The first-order chi connectivity index (χ1) is 9.93. The van der Waals surface area contributed by atoms with Gasteiger partial charge in [-0.05, 0) is 54.0 Å². The standard InChI is InChI=1S/C20H24O/c1-14-5-7-15(8-6-14)16-9-11-18-17(13-16)10-12-19(21-18)20(2,3)4/h5-9,11,13,19H,10,12H2,1-4H3. The summed E-state index contributed by atoms with van der Waals surface area (Å²) in [6, 6.07) is 15.3. The molecule has 3 rings (SSSR count). The minimum atomic E-state index is 0.202. The third-order valence-electron chi connectivity index (χ3n) is 4.36. The van der Waals surface area contributed by atoms with Crippen molar-refractivity contribution >= 4 is 0 Å². The zero-order valence-corrected chi connectivity index (χ0v) is 13.4. The Hall–Kier alpha value is -1.76. The lowest BCUT2D eigenvalue weighted by Crippen LogP contribution is -2.35. The van der Waals surface area contributed by atoms with Crippen LogP contribution in [0.25, 0.3) is 11.1 Å². The molecule has 0 saturated carbocycles. The van der Waals surface area contributed by atoms with E-state index in [1.54, 1.807) is 0 Å². The molecule has 1 heterocycles. The number of benzene rings is 2. The molecule has 1 nitrogen and oxygen atoms in total. The van der Waals surface area contributed by atoms with Gasteiger partial charge >= 0.3 is 0 Å². The molecular weight excluding hydrogens is 256 g/mol. The second-order valence-corrected chi connectivity index (χ2v) is 7.20. The summed E-state index contributed by atoms with van der Waals surface area (Å²) in [5.41, 5.74) is 5.40. The molecule has 1 aliphatic heterocycles. The number of ether oxygens (including phenoxy) is 1. The van der Waals surface area contributed by atoms with Crippen LogP contribution in [0.3, 0.4) is 0 Å². The van der Waals surface area contributed by atoms with E-state index in [0.29, 0.717) is 6.10 Å². The molecule has 0 radical (unpaired) electrons. The highest BCUT2D eigenvalue weighted by Gasteiger charge is 2.30. The van der Waals surface area contributed by atoms with Crippen LogP contribution >= 0.6 is 0 Å². The first-order valence-electron chi connectivity index (χ1n) is 7.80. The van der Waals surface area contributed by atoms with E-state index in [1.165, 1.54) is 22.3 Å². The van der Waals surface area contributed by atoms with Crippen LogP contribution in [0.5, 0.6) is 5.75 Å². The van der Waals surface area contributed by atoms with Gasteiger partial charge in [-0.3, -0.25) is 0 Å². The molecule has 0 bridgehead atoms. The summed E-state index contributed by atoms with van der Waals surface area (Å²) in [5.74, 6) is 1.07. The van der Waals surface area contributed by atoms with Gasteiger partial charge in [-0.15, -0.1) is 0 Å². The molecule has 21 heavy (non-hydrogen) atoms. The van der Waals surface area contributed by atoms with Crippen molar-refractivity contribution in [3.05, 3.63) is 53.6 Å². The lowest BCUT2D eigenvalue weighted by atomic mass is 9.83. The molecule has 110 valence electrons. The van der Waals surface area contributed by atoms with Crippen LogP contribution in [-0.4, -0.2) is 6.10 Å². The Balaban J connectivity index is 1.88. The fourth-order valence-corrected chi connectivity index (χ4v) is 2.92. The highest BCUT2D eigenvalue weighted by Crippen LogP contribution is 2.37. The van der Waals surface area contributed by atoms with Gasteiger partial charge in [0.2, 0.25) is 0 Å². The van der Waals surface area contributed by atoms with Crippen LogP contribution in [0.15, 0.2) is 42.5 Å². The third-order valence-corrected chi connectivity index (χ3v) is 4.36. The number of rotatable bonds is 1. The van der Waals surface area contributed by atoms with E-state index in [4.69, 9.17) is 4.74 Å². The van der Waals surface area contributed by atoms with Crippen LogP contribution < -0.4 is 4.74 Å². The fraction of sp³-hybridized carbons (Fsp3) is 0.400. The Labute approximate surface area is 128 Å². The molecule has 1 aliphatic rings. The van der Waals surface area contributed by atoms with Gasteiger partial charge in [-0.1, -0.05) is 56.7 Å². The zero-order chi connectivity index (χ0) is 15.0. The lowest BCUT2D eigenvalue weighted by Gasteiger charge is -2.35. The zero-order valence-electron chi connectivity index (χ0n) is 13.4. The Morgan fingerprint density at radius 3 is 2.29 bits per heavy atom. The van der Waals surface area contributed by atoms with Gasteiger partial charge in [-0.2, -0.15) is 0 Å². The summed E-state index contributed by atoms with van der Waals surface area (Å²) >= 11 is 0. The topological polar surface area (TPSA) is 9.23 Å². The van der Waals surface area contributed by atoms with Crippen LogP contribution in [-0.2, 0) is 6.42 Å². The van der Waals surface area contributed by atoms with E-state index in [0.717, 1.165) is 18.6 Å². The average molecular weight is 280 g/mol. The smallest absolute Gasteiger partial charge is 0.122 e. The van der Waals surface area contributed by atoms with Crippen LogP contribution in [0.1, 0.15) is 38.3 Å². The van der Waals surface area contributed by atoms with Crippen molar-refractivity contribution in [2.24, 2.45) is 5.41 Å². The Bertz CT molecular complexity index is 632. The Kier molecular flexibility index (Phi) is 3.52. The minimum absolute atomic E-state index is 0.202. The number of hydrogen-bond acceptors (Lipinski definition) is 1. The van der Waals surface area contributed by atoms with Gasteiger partial charge in [0.05, 0.1) is 0 Å². The normalized spacial score (nSPS) is 18.0. The minimum Gasteiger partial charge on any atom is -0.490 e. The Morgan fingerprint density at radius 2 is 1.62 bits per heavy atom. The van der Waals surface area contributed by atoms with Crippen molar-refractivity contribution in [3.8, 4) is 16.9 Å². The predicted octanol–water partition coefficient (Wildman–Crippen LogP) is 5.40. The molecule has 1 heteroatoms. The summed E-state index contributed by atoms with van der Waals surface area (Å²) in [6.45, 7) is 8.88. The largest absolute Gasteiger partial charge is 0.490 e. The molecule has 0 aromatic heterocycles. The molecule has 0 spiro atoms. The molecule has 0 amide bonds. The molecule has 2 aromatic carbocycles. The number of hydrogen-bond donors (Lipinski definition) is 0. The van der Waals surface area contributed by atoms with Gasteiger partial charge in [0.15, 0.2) is 0 Å². The first-order valence-corrected chi connectivity index (χ1v) is 7.80. The van der Waals surface area contributed by atoms with Gasteiger partial charge in [0.1, 0.15) is 11.9 Å². The molecule has 0 N–H and O–H groups in total. The van der Waals surface area contributed by atoms with Crippen molar-refractivity contribution in [1.82, 2.24) is 0 Å². The Morgan fingerprint density at radius 1 is 0.952 bits per heavy atom. The van der Waals surface area contributed by atoms with E-state index < -0.39 is 0 Å². The lowest BCUT2D eigenvalue weighted by molar-refractivity contribution is 0.0675. The second-order valence-electron chi connectivity index (χ2n) is 7.20. The summed E-state index contributed by atoms with van der Waals surface area (Å²) in [5, 5.41) is 0. The maximum atomic E-state index is 6.21. The monoisotopic (exact) mass is 280 g/mol. The molecule has 1 atom stereocenters. The molecule has 1 unspecified atom stereocenters. The highest BCUT2D eigenvalue weighted by atomic mass is 16.5. The van der Waals surface area contributed by atoms with E-state index in [-0.39, 0.29) is 5.41 Å². The van der Waals surface area contributed by atoms with E-state index in [2.05, 4.69) is 70.2 Å². The van der Waals surface area contributed by atoms with E-state index in [9.17, 15) is 0 Å². The predicted molar refractivity (Wildman–Crippen MR) is 88.8 cm³/mol. The highest BCUT2D eigenvalue weighted by molar-refractivity contribution is 5.66.